The van der Waals surface area contributed by atoms with Crippen molar-refractivity contribution in [3.05, 3.63) is 18.2 Å². The fourth-order valence-electron chi connectivity index (χ4n) is 3.47. The molecule has 2 aromatic rings. The number of carbonyl (C=O) groups is 1. The number of thioether (sulfide) groups is 1. The smallest absolute Gasteiger partial charge is 0.257 e. The Kier molecular flexibility index (Phi) is 6.15. The summed E-state index contributed by atoms with van der Waals surface area (Å²) in [7, 11) is -3.28. The molecule has 1 saturated carbocycles. The van der Waals surface area contributed by atoms with E-state index in [-0.39, 0.29) is 28.4 Å². The minimum absolute atomic E-state index is 0.0255. The van der Waals surface area contributed by atoms with Crippen LogP contribution in [0.2, 0.25) is 0 Å². The van der Waals surface area contributed by atoms with Crippen molar-refractivity contribution in [2.75, 3.05) is 11.5 Å². The van der Waals surface area contributed by atoms with Crippen LogP contribution in [-0.2, 0) is 14.6 Å². The molecule has 0 bridgehead atoms. The van der Waals surface area contributed by atoms with Gasteiger partial charge >= 0.3 is 0 Å². The lowest BCUT2D eigenvalue weighted by Gasteiger charge is -2.34. The number of carbonyl (C=O) groups excluding carboxylic acids is 1. The molecule has 1 heterocycles. The van der Waals surface area contributed by atoms with Crippen molar-refractivity contribution in [3.8, 4) is 0 Å². The van der Waals surface area contributed by atoms with Crippen LogP contribution in [0, 0.1) is 11.8 Å². The lowest BCUT2D eigenvalue weighted by atomic mass is 9.78. The summed E-state index contributed by atoms with van der Waals surface area (Å²) in [5.41, 5.74) is 1.00. The highest BCUT2D eigenvalue weighted by molar-refractivity contribution is 7.99. The average molecular weight is 411 g/mol. The van der Waals surface area contributed by atoms with Gasteiger partial charge in [-0.25, -0.2) is 13.4 Å². The van der Waals surface area contributed by atoms with Crippen molar-refractivity contribution in [1.82, 2.24) is 10.3 Å². The third-order valence-electron chi connectivity index (χ3n) is 5.46. The second-order valence-corrected chi connectivity index (χ2v) is 10.4. The number of oxazole rings is 1. The van der Waals surface area contributed by atoms with Crippen LogP contribution in [0.25, 0.3) is 11.1 Å². The van der Waals surface area contributed by atoms with Gasteiger partial charge in [-0.3, -0.25) is 4.79 Å². The van der Waals surface area contributed by atoms with Gasteiger partial charge in [0.2, 0.25) is 5.91 Å². The summed E-state index contributed by atoms with van der Waals surface area (Å²) in [6.45, 7) is 6.05. The van der Waals surface area contributed by atoms with Crippen LogP contribution in [0.4, 0.5) is 0 Å². The summed E-state index contributed by atoms with van der Waals surface area (Å²) in [5, 5.41) is 3.50. The zero-order valence-electron chi connectivity index (χ0n) is 15.9. The maximum atomic E-state index is 12.3. The summed E-state index contributed by atoms with van der Waals surface area (Å²) in [5.74, 6) is 1.35. The Balaban J connectivity index is 1.62. The summed E-state index contributed by atoms with van der Waals surface area (Å²) >= 11 is 1.22. The number of rotatable bonds is 6. The molecular formula is C19H26N2O4S2. The molecule has 0 aliphatic heterocycles. The van der Waals surface area contributed by atoms with Crippen LogP contribution in [-0.4, -0.2) is 36.9 Å². The lowest BCUT2D eigenvalue weighted by molar-refractivity contribution is -0.120. The van der Waals surface area contributed by atoms with Crippen LogP contribution in [0.3, 0.4) is 0 Å². The number of sulfone groups is 1. The highest BCUT2D eigenvalue weighted by Gasteiger charge is 2.28. The molecule has 3 rings (SSSR count). The third-order valence-corrected chi connectivity index (χ3v) is 8.02. The van der Waals surface area contributed by atoms with Gasteiger partial charge in [-0.1, -0.05) is 45.4 Å². The summed E-state index contributed by atoms with van der Waals surface area (Å²) in [6.07, 6.45) is 3.40. The first-order valence-electron chi connectivity index (χ1n) is 9.35. The Labute approximate surface area is 164 Å². The standard InChI is InChI=1S/C19H26N2O4S2/c1-4-27(23,24)14-8-9-17-16(10-14)21-19(25-17)26-11-18(22)20-15-7-5-6-12(2)13(15)3/h8-10,12-13,15H,4-7,11H2,1-3H3,(H,20,22)/t12-,13+,15+/m0/s1. The average Bonchev–Trinajstić information content (AvgIpc) is 3.06. The number of nitrogens with zero attached hydrogens (tertiary/aromatic N) is 1. The van der Waals surface area contributed by atoms with E-state index in [0.29, 0.717) is 28.2 Å². The van der Waals surface area contributed by atoms with E-state index in [1.165, 1.54) is 30.3 Å². The van der Waals surface area contributed by atoms with Gasteiger partial charge in [0.1, 0.15) is 5.52 Å². The van der Waals surface area contributed by atoms with E-state index >= 15 is 0 Å². The molecule has 1 amide bonds. The maximum Gasteiger partial charge on any atom is 0.257 e. The zero-order valence-corrected chi connectivity index (χ0v) is 17.5. The van der Waals surface area contributed by atoms with E-state index in [4.69, 9.17) is 4.42 Å². The normalized spacial score (nSPS) is 23.4. The topological polar surface area (TPSA) is 89.3 Å². The molecule has 0 saturated heterocycles. The maximum absolute atomic E-state index is 12.3. The van der Waals surface area contributed by atoms with Crippen LogP contribution in [0.5, 0.6) is 0 Å². The molecule has 0 spiro atoms. The first-order valence-corrected chi connectivity index (χ1v) is 12.0. The predicted octanol–water partition coefficient (Wildman–Crippen LogP) is 3.65. The van der Waals surface area contributed by atoms with Gasteiger partial charge in [0.15, 0.2) is 15.4 Å². The van der Waals surface area contributed by atoms with Crippen molar-refractivity contribution in [2.45, 2.75) is 56.2 Å². The van der Waals surface area contributed by atoms with Crippen LogP contribution in [0.1, 0.15) is 40.0 Å². The highest BCUT2D eigenvalue weighted by Crippen LogP contribution is 2.30. The van der Waals surface area contributed by atoms with E-state index in [1.54, 1.807) is 13.0 Å². The van der Waals surface area contributed by atoms with Crippen molar-refractivity contribution >= 4 is 38.6 Å². The zero-order chi connectivity index (χ0) is 19.6. The molecular weight excluding hydrogens is 384 g/mol. The van der Waals surface area contributed by atoms with Gasteiger partial charge in [-0.2, -0.15) is 0 Å². The van der Waals surface area contributed by atoms with Gasteiger partial charge in [0, 0.05) is 6.04 Å². The predicted molar refractivity (Wildman–Crippen MR) is 107 cm³/mol. The number of benzene rings is 1. The molecule has 0 unspecified atom stereocenters. The van der Waals surface area contributed by atoms with Crippen molar-refractivity contribution in [2.24, 2.45) is 11.8 Å². The summed E-state index contributed by atoms with van der Waals surface area (Å²) in [4.78, 5) is 16.9. The largest absolute Gasteiger partial charge is 0.431 e. The number of aromatic nitrogens is 1. The molecule has 1 aliphatic rings. The van der Waals surface area contributed by atoms with E-state index in [1.807, 2.05) is 0 Å². The highest BCUT2D eigenvalue weighted by atomic mass is 32.2. The molecule has 1 N–H and O–H groups in total. The van der Waals surface area contributed by atoms with Gasteiger partial charge in [-0.05, 0) is 36.5 Å². The van der Waals surface area contributed by atoms with E-state index in [9.17, 15) is 13.2 Å². The molecule has 3 atom stereocenters. The molecule has 148 valence electrons. The Morgan fingerprint density at radius 1 is 1.33 bits per heavy atom. The van der Waals surface area contributed by atoms with Gasteiger partial charge in [0.05, 0.1) is 16.4 Å². The molecule has 27 heavy (non-hydrogen) atoms. The quantitative estimate of drug-likeness (QED) is 0.731. The van der Waals surface area contributed by atoms with Crippen molar-refractivity contribution < 1.29 is 17.6 Å². The van der Waals surface area contributed by atoms with E-state index < -0.39 is 9.84 Å². The number of hydrogen-bond acceptors (Lipinski definition) is 6. The number of nitrogens with one attached hydrogen (secondary N) is 1. The monoisotopic (exact) mass is 410 g/mol. The molecule has 8 heteroatoms. The van der Waals surface area contributed by atoms with Crippen LogP contribution in [0.15, 0.2) is 32.7 Å². The summed E-state index contributed by atoms with van der Waals surface area (Å²) in [6, 6.07) is 4.89. The van der Waals surface area contributed by atoms with Crippen molar-refractivity contribution in [1.29, 1.82) is 0 Å². The number of fused-ring (bicyclic) bond motifs is 1. The van der Waals surface area contributed by atoms with Crippen LogP contribution >= 0.6 is 11.8 Å². The van der Waals surface area contributed by atoms with E-state index in [0.717, 1.165) is 12.8 Å². The first kappa shape index (κ1) is 20.2. The first-order chi connectivity index (χ1) is 12.8. The van der Waals surface area contributed by atoms with E-state index in [2.05, 4.69) is 24.1 Å². The Hall–Kier alpha value is -1.54. The summed E-state index contributed by atoms with van der Waals surface area (Å²) < 4.78 is 29.6. The molecule has 1 fully saturated rings. The second-order valence-electron chi connectivity index (χ2n) is 7.24. The number of amides is 1. The minimum Gasteiger partial charge on any atom is -0.431 e. The van der Waals surface area contributed by atoms with Gasteiger partial charge in [0.25, 0.3) is 5.22 Å². The molecule has 1 aromatic heterocycles. The molecule has 1 aromatic carbocycles. The third kappa shape index (κ3) is 4.66. The second kappa shape index (κ2) is 8.22. The minimum atomic E-state index is -3.28. The Morgan fingerprint density at radius 3 is 2.85 bits per heavy atom. The van der Waals surface area contributed by atoms with Gasteiger partial charge < -0.3 is 9.73 Å². The fraction of sp³-hybridized carbons (Fsp3) is 0.579. The molecule has 6 nitrogen and oxygen atoms in total. The lowest BCUT2D eigenvalue weighted by Crippen LogP contribution is -2.44. The molecule has 0 radical (unpaired) electrons. The van der Waals surface area contributed by atoms with Crippen LogP contribution < -0.4 is 5.32 Å². The van der Waals surface area contributed by atoms with Gasteiger partial charge in [-0.15, -0.1) is 0 Å². The fourth-order valence-corrected chi connectivity index (χ4v) is 5.02. The van der Waals surface area contributed by atoms with Crippen molar-refractivity contribution in [3.63, 3.8) is 0 Å². The Bertz CT molecular complexity index is 923. The Morgan fingerprint density at radius 2 is 2.11 bits per heavy atom. The SMILES string of the molecule is CCS(=O)(=O)c1ccc2oc(SCC(=O)N[C@@H]3CCC[C@H](C)[C@H]3C)nc2c1. The number of hydrogen-bond donors (Lipinski definition) is 1. The molecule has 1 aliphatic carbocycles.